The summed E-state index contributed by atoms with van der Waals surface area (Å²) in [5.41, 5.74) is -0.911. The molecule has 0 aromatic rings. The molecule has 2 heterocycles. The molecule has 210 valence electrons. The molecule has 36 heavy (non-hydrogen) atoms. The molecule has 0 atom stereocenters. The van der Waals surface area contributed by atoms with Gasteiger partial charge in [-0.15, -0.1) is 0 Å². The van der Waals surface area contributed by atoms with E-state index in [1.54, 1.807) is 0 Å². The fourth-order valence-electron chi connectivity index (χ4n) is 6.50. The summed E-state index contributed by atoms with van der Waals surface area (Å²) < 4.78 is 11.7. The summed E-state index contributed by atoms with van der Waals surface area (Å²) in [7, 11) is 0. The number of hydrogen-bond donors (Lipinski definition) is 0. The van der Waals surface area contributed by atoms with Crippen LogP contribution in [-0.2, 0) is 28.7 Å². The third-order valence-corrected chi connectivity index (χ3v) is 7.23. The predicted octanol–water partition coefficient (Wildman–Crippen LogP) is 5.58. The van der Waals surface area contributed by atoms with Crippen LogP contribution in [0.15, 0.2) is 0 Å². The average molecular weight is 513 g/mol. The molecule has 2 fully saturated rings. The lowest BCUT2D eigenvalue weighted by Crippen LogP contribution is -2.62. The molecule has 0 saturated carbocycles. The van der Waals surface area contributed by atoms with Crippen LogP contribution < -0.4 is 0 Å². The minimum atomic E-state index is -0.228. The highest BCUT2D eigenvalue weighted by Gasteiger charge is 2.48. The summed E-state index contributed by atoms with van der Waals surface area (Å²) in [5, 5.41) is 4.11. The summed E-state index contributed by atoms with van der Waals surface area (Å²) in [6.45, 7) is 22.2. The van der Waals surface area contributed by atoms with Crippen molar-refractivity contribution in [1.29, 1.82) is 0 Å². The van der Waals surface area contributed by atoms with Crippen molar-refractivity contribution in [3.63, 3.8) is 0 Å². The zero-order valence-electron chi connectivity index (χ0n) is 24.6. The molecule has 8 heteroatoms. The maximum absolute atomic E-state index is 12.5. The van der Waals surface area contributed by atoms with Crippen LogP contribution in [0.3, 0.4) is 0 Å². The van der Waals surface area contributed by atoms with E-state index < -0.39 is 0 Å². The predicted molar refractivity (Wildman–Crippen MR) is 140 cm³/mol. The minimum Gasteiger partial charge on any atom is -0.462 e. The van der Waals surface area contributed by atoms with Crippen molar-refractivity contribution in [1.82, 2.24) is 10.1 Å². The van der Waals surface area contributed by atoms with E-state index in [0.717, 1.165) is 25.7 Å². The van der Waals surface area contributed by atoms with Gasteiger partial charge < -0.3 is 9.47 Å². The minimum absolute atomic E-state index is 0.140. The molecular formula is C28H52N2O6. The number of carbonyl (C=O) groups is 2. The van der Waals surface area contributed by atoms with E-state index in [9.17, 15) is 9.59 Å². The Morgan fingerprint density at radius 2 is 0.889 bits per heavy atom. The normalized spacial score (nSPS) is 24.4. The first-order chi connectivity index (χ1) is 16.5. The van der Waals surface area contributed by atoms with Gasteiger partial charge in [-0.1, -0.05) is 0 Å². The molecule has 0 aromatic carbocycles. The number of ether oxygens (including phenoxy) is 2. The number of carbonyl (C=O) groups excluding carboxylic acids is 2. The van der Waals surface area contributed by atoms with Crippen LogP contribution in [0.5, 0.6) is 0 Å². The van der Waals surface area contributed by atoms with Crippen molar-refractivity contribution in [2.24, 2.45) is 0 Å². The number of hydrogen-bond acceptors (Lipinski definition) is 8. The van der Waals surface area contributed by atoms with E-state index in [2.05, 4.69) is 65.5 Å². The van der Waals surface area contributed by atoms with Crippen LogP contribution in [0.4, 0.5) is 0 Å². The van der Waals surface area contributed by atoms with Crippen LogP contribution >= 0.6 is 0 Å². The summed E-state index contributed by atoms with van der Waals surface area (Å²) in [5.74, 6) is -0.395. The largest absolute Gasteiger partial charge is 0.462 e. The Morgan fingerprint density at radius 3 is 1.14 bits per heavy atom. The number of piperidine rings is 2. The third-order valence-electron chi connectivity index (χ3n) is 7.23. The molecule has 0 spiro atoms. The molecule has 2 rings (SSSR count). The monoisotopic (exact) mass is 512 g/mol. The highest BCUT2D eigenvalue weighted by molar-refractivity contribution is 5.71. The van der Waals surface area contributed by atoms with Gasteiger partial charge in [0.2, 0.25) is 0 Å². The topological polar surface area (TPSA) is 77.5 Å². The maximum atomic E-state index is 12.5. The molecule has 0 aromatic heterocycles. The Bertz CT molecular complexity index is 650. The van der Waals surface area contributed by atoms with Gasteiger partial charge in [-0.05, 0) is 82.1 Å². The van der Waals surface area contributed by atoms with E-state index in [-0.39, 0.29) is 46.3 Å². The summed E-state index contributed by atoms with van der Waals surface area (Å²) in [6, 6.07) is 0. The maximum Gasteiger partial charge on any atom is 0.306 e. The van der Waals surface area contributed by atoms with Crippen LogP contribution in [0.2, 0.25) is 0 Å². The highest BCUT2D eigenvalue weighted by atomic mass is 16.7. The van der Waals surface area contributed by atoms with E-state index in [1.165, 1.54) is 0 Å². The fraction of sp³-hybridized carbons (Fsp3) is 0.929. The van der Waals surface area contributed by atoms with Crippen molar-refractivity contribution in [3.05, 3.63) is 0 Å². The zero-order valence-corrected chi connectivity index (χ0v) is 24.6. The Morgan fingerprint density at radius 1 is 0.611 bits per heavy atom. The van der Waals surface area contributed by atoms with Gasteiger partial charge in [0, 0.05) is 60.7 Å². The second-order valence-corrected chi connectivity index (χ2v) is 12.9. The van der Waals surface area contributed by atoms with Gasteiger partial charge in [0.15, 0.2) is 0 Å². The van der Waals surface area contributed by atoms with Gasteiger partial charge in [0.25, 0.3) is 0 Å². The van der Waals surface area contributed by atoms with Crippen LogP contribution in [0.1, 0.15) is 121 Å². The fourth-order valence-corrected chi connectivity index (χ4v) is 6.50. The van der Waals surface area contributed by atoms with Crippen LogP contribution in [0.25, 0.3) is 0 Å². The zero-order chi connectivity index (χ0) is 27.4. The van der Waals surface area contributed by atoms with Gasteiger partial charge in [-0.3, -0.25) is 19.3 Å². The number of rotatable bonds is 11. The lowest BCUT2D eigenvalue weighted by molar-refractivity contribution is -0.291. The van der Waals surface area contributed by atoms with E-state index >= 15 is 0 Å². The standard InChI is InChI=1S/C28H52N2O6/c1-11-33-29-25(3,4)17-21(18-26(29,5)6)35-23(31)15-13-14-16-24(32)36-22-19-27(7,8)30(34-12-2)28(9,10)20-22/h21-22H,11-20H2,1-10H3. The van der Waals surface area contributed by atoms with Gasteiger partial charge in [0.05, 0.1) is 13.2 Å². The molecule has 2 aliphatic rings. The molecule has 2 aliphatic heterocycles. The molecule has 0 bridgehead atoms. The van der Waals surface area contributed by atoms with Gasteiger partial charge in [-0.25, -0.2) is 0 Å². The molecule has 0 N–H and O–H groups in total. The van der Waals surface area contributed by atoms with E-state index in [0.29, 0.717) is 38.9 Å². The van der Waals surface area contributed by atoms with Crippen molar-refractivity contribution < 1.29 is 28.7 Å². The first-order valence-corrected chi connectivity index (χ1v) is 13.8. The lowest BCUT2D eigenvalue weighted by Gasteiger charge is -2.53. The molecule has 8 nitrogen and oxygen atoms in total. The van der Waals surface area contributed by atoms with Crippen molar-refractivity contribution in [3.8, 4) is 0 Å². The molecule has 0 aliphatic carbocycles. The SMILES string of the molecule is CCON1C(C)(C)CC(OC(=O)CCCCC(=O)OC2CC(C)(C)N(OCC)C(C)(C)C2)CC1(C)C. The van der Waals surface area contributed by atoms with Crippen LogP contribution in [-0.4, -0.2) is 69.6 Å². The number of hydroxylamine groups is 4. The third kappa shape index (κ3) is 8.14. The smallest absolute Gasteiger partial charge is 0.306 e. The average Bonchev–Trinajstić information content (AvgIpc) is 2.69. The molecule has 0 unspecified atom stereocenters. The summed E-state index contributed by atoms with van der Waals surface area (Å²) >= 11 is 0. The number of esters is 2. The Labute approximate surface area is 219 Å². The van der Waals surface area contributed by atoms with E-state index in [1.807, 2.05) is 13.8 Å². The Balaban J connectivity index is 1.75. The number of unbranched alkanes of at least 4 members (excludes halogenated alkanes) is 1. The molecular weight excluding hydrogens is 460 g/mol. The van der Waals surface area contributed by atoms with Crippen molar-refractivity contribution >= 4 is 11.9 Å². The first-order valence-electron chi connectivity index (χ1n) is 13.8. The van der Waals surface area contributed by atoms with Crippen LogP contribution in [0, 0.1) is 0 Å². The molecule has 2 saturated heterocycles. The van der Waals surface area contributed by atoms with Crippen molar-refractivity contribution in [2.45, 2.75) is 155 Å². The second-order valence-electron chi connectivity index (χ2n) is 12.9. The first kappa shape index (κ1) is 31.0. The Hall–Kier alpha value is -1.22. The summed E-state index contributed by atoms with van der Waals surface area (Å²) in [6.07, 6.45) is 4.46. The number of nitrogens with zero attached hydrogens (tertiary/aromatic N) is 2. The molecule has 0 radical (unpaired) electrons. The summed E-state index contributed by atoms with van der Waals surface area (Å²) in [4.78, 5) is 36.9. The quantitative estimate of drug-likeness (QED) is 0.262. The highest BCUT2D eigenvalue weighted by Crippen LogP contribution is 2.41. The van der Waals surface area contributed by atoms with Gasteiger partial charge in [0.1, 0.15) is 12.2 Å². The van der Waals surface area contributed by atoms with Gasteiger partial charge >= 0.3 is 11.9 Å². The lowest BCUT2D eigenvalue weighted by atomic mass is 9.80. The Kier molecular flexibility index (Phi) is 10.4. The van der Waals surface area contributed by atoms with Gasteiger partial charge in [-0.2, -0.15) is 10.1 Å². The van der Waals surface area contributed by atoms with Crippen molar-refractivity contribution in [2.75, 3.05) is 13.2 Å². The van der Waals surface area contributed by atoms with E-state index in [4.69, 9.17) is 19.1 Å². The molecule has 0 amide bonds. The second kappa shape index (κ2) is 12.1.